The Labute approximate surface area is 139 Å². The average Bonchev–Trinajstić information content (AvgIpc) is 3.08. The first-order valence-corrected chi connectivity index (χ1v) is 9.97. The maximum Gasteiger partial charge on any atom is 0.240 e. The number of anilines is 1. The Hall–Kier alpha value is -1.51. The quantitative estimate of drug-likeness (QED) is 0.834. The molecule has 3 heterocycles. The van der Waals surface area contributed by atoms with Crippen molar-refractivity contribution in [3.8, 4) is 0 Å². The van der Waals surface area contributed by atoms with E-state index < -0.39 is 10.0 Å². The number of hydrogen-bond acceptors (Lipinski definition) is 6. The van der Waals surface area contributed by atoms with Crippen molar-refractivity contribution in [2.45, 2.75) is 25.1 Å². The maximum atomic E-state index is 12.9. The van der Waals surface area contributed by atoms with Crippen LogP contribution in [0.5, 0.6) is 0 Å². The standard InChI is InChI=1S/C15H18N4O2S2/c1-11-16-17-15(22-11)10-18-8-13(9-18)23(20,21)19-7-6-12-4-2-3-5-14(12)19/h2-5,13H,6-10H2,1H3. The van der Waals surface area contributed by atoms with Gasteiger partial charge in [0, 0.05) is 19.6 Å². The summed E-state index contributed by atoms with van der Waals surface area (Å²) in [4.78, 5) is 2.12. The van der Waals surface area contributed by atoms with E-state index in [-0.39, 0.29) is 5.25 Å². The van der Waals surface area contributed by atoms with Crippen LogP contribution in [0.4, 0.5) is 5.69 Å². The van der Waals surface area contributed by atoms with Gasteiger partial charge in [-0.25, -0.2) is 8.42 Å². The van der Waals surface area contributed by atoms with Crippen LogP contribution in [0.2, 0.25) is 0 Å². The molecule has 2 aliphatic heterocycles. The largest absolute Gasteiger partial charge is 0.294 e. The zero-order valence-corrected chi connectivity index (χ0v) is 14.5. The first kappa shape index (κ1) is 15.0. The van der Waals surface area contributed by atoms with E-state index in [0.717, 1.165) is 27.7 Å². The molecule has 0 unspecified atom stereocenters. The lowest BCUT2D eigenvalue weighted by atomic mass is 10.2. The maximum absolute atomic E-state index is 12.9. The molecule has 2 aliphatic rings. The number of nitrogens with zero attached hydrogens (tertiary/aromatic N) is 4. The van der Waals surface area contributed by atoms with Crippen LogP contribution in [0.15, 0.2) is 24.3 Å². The van der Waals surface area contributed by atoms with Gasteiger partial charge in [-0.2, -0.15) is 0 Å². The summed E-state index contributed by atoms with van der Waals surface area (Å²) in [6.07, 6.45) is 0.801. The summed E-state index contributed by atoms with van der Waals surface area (Å²) in [5, 5.41) is 9.67. The third-order valence-corrected chi connectivity index (χ3v) is 7.38. The second-order valence-corrected chi connectivity index (χ2v) is 9.43. The SMILES string of the molecule is Cc1nnc(CN2CC(S(=O)(=O)N3CCc4ccccc43)C2)s1. The van der Waals surface area contributed by atoms with E-state index in [1.807, 2.05) is 31.2 Å². The third-order valence-electron chi connectivity index (χ3n) is 4.42. The molecule has 0 spiro atoms. The van der Waals surface area contributed by atoms with Gasteiger partial charge in [0.05, 0.1) is 12.2 Å². The van der Waals surface area contributed by atoms with Gasteiger partial charge in [0.15, 0.2) is 0 Å². The van der Waals surface area contributed by atoms with Crippen molar-refractivity contribution in [2.24, 2.45) is 0 Å². The Balaban J connectivity index is 1.43. The van der Waals surface area contributed by atoms with E-state index in [4.69, 9.17) is 0 Å². The summed E-state index contributed by atoms with van der Waals surface area (Å²) >= 11 is 1.57. The lowest BCUT2D eigenvalue weighted by Crippen LogP contribution is -2.57. The lowest BCUT2D eigenvalue weighted by molar-refractivity contribution is 0.175. The number of aromatic nitrogens is 2. The highest BCUT2D eigenvalue weighted by Crippen LogP contribution is 2.33. The van der Waals surface area contributed by atoms with E-state index in [0.29, 0.717) is 26.2 Å². The molecule has 0 radical (unpaired) electrons. The molecule has 122 valence electrons. The Morgan fingerprint density at radius 1 is 1.26 bits per heavy atom. The highest BCUT2D eigenvalue weighted by atomic mass is 32.2. The summed E-state index contributed by atoms with van der Waals surface area (Å²) in [5.74, 6) is 0. The Morgan fingerprint density at radius 3 is 2.78 bits per heavy atom. The Kier molecular flexibility index (Phi) is 3.62. The lowest BCUT2D eigenvalue weighted by Gasteiger charge is -2.40. The van der Waals surface area contributed by atoms with Crippen LogP contribution >= 0.6 is 11.3 Å². The van der Waals surface area contributed by atoms with Gasteiger partial charge in [-0.15, -0.1) is 21.5 Å². The Bertz CT molecular complexity index is 828. The van der Waals surface area contributed by atoms with Gasteiger partial charge in [0.1, 0.15) is 15.3 Å². The molecular formula is C15H18N4O2S2. The molecule has 1 aromatic carbocycles. The number of rotatable bonds is 4. The fraction of sp³-hybridized carbons (Fsp3) is 0.467. The van der Waals surface area contributed by atoms with Crippen molar-refractivity contribution < 1.29 is 8.42 Å². The summed E-state index contributed by atoms with van der Waals surface area (Å²) < 4.78 is 27.3. The van der Waals surface area contributed by atoms with Gasteiger partial charge in [0.25, 0.3) is 0 Å². The summed E-state index contributed by atoms with van der Waals surface area (Å²) in [6.45, 7) is 4.32. The number of sulfonamides is 1. The molecule has 0 aliphatic carbocycles. The number of para-hydroxylation sites is 1. The number of aryl methyl sites for hydroxylation is 1. The predicted molar refractivity (Wildman–Crippen MR) is 90.1 cm³/mol. The highest BCUT2D eigenvalue weighted by molar-refractivity contribution is 7.93. The molecule has 23 heavy (non-hydrogen) atoms. The molecule has 0 amide bonds. The van der Waals surface area contributed by atoms with Gasteiger partial charge in [-0.3, -0.25) is 9.21 Å². The third kappa shape index (κ3) is 2.64. The topological polar surface area (TPSA) is 66.4 Å². The van der Waals surface area contributed by atoms with Crippen LogP contribution < -0.4 is 4.31 Å². The second kappa shape index (κ2) is 5.54. The highest BCUT2D eigenvalue weighted by Gasteiger charge is 2.42. The normalized spacial score (nSPS) is 18.9. The number of likely N-dealkylation sites (tertiary alicyclic amines) is 1. The molecule has 1 aromatic heterocycles. The zero-order chi connectivity index (χ0) is 16.0. The molecule has 0 saturated carbocycles. The van der Waals surface area contributed by atoms with Crippen LogP contribution in [0.3, 0.4) is 0 Å². The fourth-order valence-corrected chi connectivity index (χ4v) is 5.89. The number of hydrogen-bond donors (Lipinski definition) is 0. The molecule has 1 fully saturated rings. The molecule has 0 bridgehead atoms. The van der Waals surface area contributed by atoms with E-state index in [1.54, 1.807) is 15.6 Å². The van der Waals surface area contributed by atoms with Gasteiger partial charge in [-0.1, -0.05) is 18.2 Å². The predicted octanol–water partition coefficient (Wildman–Crippen LogP) is 1.42. The van der Waals surface area contributed by atoms with Crippen LogP contribution in [0.1, 0.15) is 15.6 Å². The molecule has 0 atom stereocenters. The van der Waals surface area contributed by atoms with E-state index >= 15 is 0 Å². The van der Waals surface area contributed by atoms with Crippen LogP contribution in [0.25, 0.3) is 0 Å². The molecule has 6 nitrogen and oxygen atoms in total. The number of fused-ring (bicyclic) bond motifs is 1. The van der Waals surface area contributed by atoms with Crippen molar-refractivity contribution in [1.29, 1.82) is 0 Å². The molecule has 0 N–H and O–H groups in total. The summed E-state index contributed by atoms with van der Waals surface area (Å²) in [6, 6.07) is 7.78. The minimum atomic E-state index is -3.28. The average molecular weight is 350 g/mol. The first-order chi connectivity index (χ1) is 11.0. The second-order valence-electron chi connectivity index (χ2n) is 6.03. The summed E-state index contributed by atoms with van der Waals surface area (Å²) in [5.41, 5.74) is 1.97. The van der Waals surface area contributed by atoms with Crippen molar-refractivity contribution >= 4 is 27.0 Å². The van der Waals surface area contributed by atoms with Crippen molar-refractivity contribution in [3.63, 3.8) is 0 Å². The molecule has 8 heteroatoms. The molecule has 2 aromatic rings. The minimum Gasteiger partial charge on any atom is -0.294 e. The molecule has 4 rings (SSSR count). The Morgan fingerprint density at radius 2 is 2.04 bits per heavy atom. The van der Waals surface area contributed by atoms with Crippen molar-refractivity contribution in [3.05, 3.63) is 39.8 Å². The monoisotopic (exact) mass is 350 g/mol. The smallest absolute Gasteiger partial charge is 0.240 e. The van der Waals surface area contributed by atoms with Gasteiger partial charge in [0.2, 0.25) is 10.0 Å². The zero-order valence-electron chi connectivity index (χ0n) is 12.8. The van der Waals surface area contributed by atoms with Crippen LogP contribution in [0, 0.1) is 6.92 Å². The molecular weight excluding hydrogens is 332 g/mol. The van der Waals surface area contributed by atoms with Gasteiger partial charge in [-0.05, 0) is 25.0 Å². The van der Waals surface area contributed by atoms with Crippen LogP contribution in [-0.2, 0) is 23.0 Å². The minimum absolute atomic E-state index is 0.317. The van der Waals surface area contributed by atoms with Gasteiger partial charge >= 0.3 is 0 Å². The molecule has 1 saturated heterocycles. The van der Waals surface area contributed by atoms with E-state index in [2.05, 4.69) is 15.1 Å². The summed E-state index contributed by atoms with van der Waals surface area (Å²) in [7, 11) is -3.28. The van der Waals surface area contributed by atoms with Crippen molar-refractivity contribution in [1.82, 2.24) is 15.1 Å². The van der Waals surface area contributed by atoms with Crippen molar-refractivity contribution in [2.75, 3.05) is 23.9 Å². The van der Waals surface area contributed by atoms with Crippen LogP contribution in [-0.4, -0.2) is 48.4 Å². The van der Waals surface area contributed by atoms with Gasteiger partial charge < -0.3 is 0 Å². The fourth-order valence-electron chi connectivity index (χ4n) is 3.18. The van der Waals surface area contributed by atoms with E-state index in [1.165, 1.54) is 0 Å². The van der Waals surface area contributed by atoms with E-state index in [9.17, 15) is 8.42 Å². The number of benzene rings is 1. The first-order valence-electron chi connectivity index (χ1n) is 7.65.